The third kappa shape index (κ3) is 3.39. The summed E-state index contributed by atoms with van der Waals surface area (Å²) in [7, 11) is 2.03. The molecule has 0 aromatic carbocycles. The zero-order valence-electron chi connectivity index (χ0n) is 10.8. The maximum Gasteiger partial charge on any atom is 0.233 e. The number of nitrogens with two attached hydrogens (primary N) is 1. The van der Waals surface area contributed by atoms with Crippen LogP contribution in [-0.2, 0) is 4.79 Å². The van der Waals surface area contributed by atoms with E-state index in [0.717, 1.165) is 38.8 Å². The topological polar surface area (TPSA) is 58.4 Å². The van der Waals surface area contributed by atoms with E-state index in [0.29, 0.717) is 11.5 Å². The van der Waals surface area contributed by atoms with Gasteiger partial charge in [-0.3, -0.25) is 4.79 Å². The second-order valence-electron chi connectivity index (χ2n) is 4.81. The number of nitrogens with zero attached hydrogens (tertiary/aromatic N) is 1. The summed E-state index contributed by atoms with van der Waals surface area (Å²) in [5, 5.41) is 2.96. The molecule has 17 heavy (non-hydrogen) atoms. The van der Waals surface area contributed by atoms with E-state index in [1.54, 1.807) is 0 Å². The molecule has 4 nitrogen and oxygen atoms in total. The Morgan fingerprint density at radius 2 is 2.06 bits per heavy atom. The Balaban J connectivity index is 2.47. The van der Waals surface area contributed by atoms with Gasteiger partial charge >= 0.3 is 0 Å². The molecule has 0 spiro atoms. The number of nitrogens with one attached hydrogen (secondary N) is 1. The third-order valence-corrected chi connectivity index (χ3v) is 4.07. The fourth-order valence-corrected chi connectivity index (χ4v) is 2.55. The number of likely N-dealkylation sites (N-methyl/N-ethyl adjacent to an activating group) is 1. The van der Waals surface area contributed by atoms with Gasteiger partial charge in [-0.25, -0.2) is 0 Å². The Hall–Kier alpha value is -0.680. The lowest BCUT2D eigenvalue weighted by molar-refractivity contribution is -0.127. The van der Waals surface area contributed by atoms with Crippen LogP contribution in [0.3, 0.4) is 0 Å². The van der Waals surface area contributed by atoms with Crippen molar-refractivity contribution in [2.24, 2.45) is 11.1 Å². The second kappa shape index (κ2) is 6.31. The van der Waals surface area contributed by atoms with Crippen LogP contribution in [-0.4, -0.2) is 42.5 Å². The van der Waals surface area contributed by atoms with Crippen LogP contribution in [0.25, 0.3) is 0 Å². The molecule has 0 aromatic rings. The van der Waals surface area contributed by atoms with E-state index in [1.807, 2.05) is 7.05 Å². The summed E-state index contributed by atoms with van der Waals surface area (Å²) in [4.78, 5) is 14.7. The normalized spacial score (nSPS) is 18.3. The Kier molecular flexibility index (Phi) is 5.33. The second-order valence-corrected chi connectivity index (χ2v) is 5.25. The van der Waals surface area contributed by atoms with Crippen LogP contribution in [0.5, 0.6) is 0 Å². The highest BCUT2D eigenvalue weighted by atomic mass is 32.1. The monoisotopic (exact) mass is 257 g/mol. The first kappa shape index (κ1) is 14.4. The highest BCUT2D eigenvalue weighted by molar-refractivity contribution is 7.80. The SMILES string of the molecule is CCN(C)CCNC(=O)C1(C(N)=S)CCCC1. The van der Waals surface area contributed by atoms with Gasteiger partial charge in [-0.1, -0.05) is 32.0 Å². The molecule has 1 amide bonds. The van der Waals surface area contributed by atoms with E-state index in [9.17, 15) is 4.79 Å². The van der Waals surface area contributed by atoms with E-state index in [2.05, 4.69) is 17.1 Å². The van der Waals surface area contributed by atoms with Crippen molar-refractivity contribution in [3.63, 3.8) is 0 Å². The minimum atomic E-state index is -0.569. The summed E-state index contributed by atoms with van der Waals surface area (Å²) < 4.78 is 0. The molecule has 98 valence electrons. The van der Waals surface area contributed by atoms with Gasteiger partial charge in [-0.05, 0) is 26.4 Å². The summed E-state index contributed by atoms with van der Waals surface area (Å²) in [6.07, 6.45) is 3.69. The van der Waals surface area contributed by atoms with Crippen LogP contribution in [0.4, 0.5) is 0 Å². The standard InChI is InChI=1S/C12H23N3OS/c1-3-15(2)9-8-14-11(16)12(10(13)17)6-4-5-7-12/h3-9H2,1-2H3,(H2,13,17)(H,14,16). The molecule has 0 bridgehead atoms. The Bertz CT molecular complexity index is 287. The van der Waals surface area contributed by atoms with Gasteiger partial charge in [0.15, 0.2) is 0 Å². The zero-order chi connectivity index (χ0) is 12.9. The first-order chi connectivity index (χ1) is 8.03. The lowest BCUT2D eigenvalue weighted by atomic mass is 9.85. The Morgan fingerprint density at radius 3 is 2.53 bits per heavy atom. The molecule has 0 aromatic heterocycles. The smallest absolute Gasteiger partial charge is 0.233 e. The first-order valence-corrected chi connectivity index (χ1v) is 6.70. The summed E-state index contributed by atoms with van der Waals surface area (Å²) in [5.74, 6) is 0.0204. The van der Waals surface area contributed by atoms with Gasteiger partial charge in [-0.2, -0.15) is 0 Å². The van der Waals surface area contributed by atoms with Crippen molar-refractivity contribution in [2.45, 2.75) is 32.6 Å². The predicted molar refractivity (Wildman–Crippen MR) is 73.9 cm³/mol. The predicted octanol–water partition coefficient (Wildman–Crippen LogP) is 0.901. The number of amides is 1. The first-order valence-electron chi connectivity index (χ1n) is 6.29. The van der Waals surface area contributed by atoms with Crippen molar-refractivity contribution in [1.82, 2.24) is 10.2 Å². The number of carbonyl (C=O) groups is 1. The Morgan fingerprint density at radius 1 is 1.47 bits per heavy atom. The van der Waals surface area contributed by atoms with Crippen LogP contribution in [0.15, 0.2) is 0 Å². The number of hydrogen-bond donors (Lipinski definition) is 2. The van der Waals surface area contributed by atoms with Gasteiger partial charge < -0.3 is 16.0 Å². The molecule has 0 radical (unpaired) electrons. The molecule has 0 saturated heterocycles. The quantitative estimate of drug-likeness (QED) is 0.694. The maximum atomic E-state index is 12.2. The van der Waals surface area contributed by atoms with E-state index in [-0.39, 0.29) is 5.91 Å². The summed E-state index contributed by atoms with van der Waals surface area (Å²) in [6.45, 7) is 4.59. The minimum absolute atomic E-state index is 0.0204. The fraction of sp³-hybridized carbons (Fsp3) is 0.833. The van der Waals surface area contributed by atoms with Crippen LogP contribution < -0.4 is 11.1 Å². The molecule has 0 atom stereocenters. The molecule has 1 aliphatic rings. The van der Waals surface area contributed by atoms with Crippen LogP contribution in [0.1, 0.15) is 32.6 Å². The molecule has 0 unspecified atom stereocenters. The van der Waals surface area contributed by atoms with Gasteiger partial charge in [0.05, 0.1) is 10.4 Å². The van der Waals surface area contributed by atoms with Crippen LogP contribution in [0.2, 0.25) is 0 Å². The van der Waals surface area contributed by atoms with E-state index >= 15 is 0 Å². The van der Waals surface area contributed by atoms with Crippen LogP contribution in [0, 0.1) is 5.41 Å². The van der Waals surface area contributed by atoms with E-state index in [1.165, 1.54) is 0 Å². The molecule has 3 N–H and O–H groups in total. The molecular weight excluding hydrogens is 234 g/mol. The van der Waals surface area contributed by atoms with Crippen molar-refractivity contribution >= 4 is 23.1 Å². The molecule has 1 aliphatic carbocycles. The molecule has 1 rings (SSSR count). The van der Waals surface area contributed by atoms with Crippen molar-refractivity contribution < 1.29 is 4.79 Å². The molecule has 1 fully saturated rings. The summed E-state index contributed by atoms with van der Waals surface area (Å²) >= 11 is 5.08. The highest BCUT2D eigenvalue weighted by Crippen LogP contribution is 2.38. The number of rotatable bonds is 6. The number of thiocarbonyl (C=S) groups is 1. The molecular formula is C12H23N3OS. The van der Waals surface area contributed by atoms with Crippen molar-refractivity contribution in [3.05, 3.63) is 0 Å². The number of hydrogen-bond acceptors (Lipinski definition) is 3. The zero-order valence-corrected chi connectivity index (χ0v) is 11.6. The average molecular weight is 257 g/mol. The molecule has 0 aliphatic heterocycles. The van der Waals surface area contributed by atoms with Gasteiger partial charge in [0, 0.05) is 13.1 Å². The van der Waals surface area contributed by atoms with Crippen molar-refractivity contribution in [1.29, 1.82) is 0 Å². The third-order valence-electron chi connectivity index (χ3n) is 3.68. The van der Waals surface area contributed by atoms with Gasteiger partial charge in [0.25, 0.3) is 0 Å². The number of carbonyl (C=O) groups excluding carboxylic acids is 1. The van der Waals surface area contributed by atoms with E-state index < -0.39 is 5.41 Å². The minimum Gasteiger partial charge on any atom is -0.392 e. The Labute approximate surface area is 109 Å². The maximum absolute atomic E-state index is 12.2. The van der Waals surface area contributed by atoms with Crippen LogP contribution >= 0.6 is 12.2 Å². The lowest BCUT2D eigenvalue weighted by Gasteiger charge is -2.26. The van der Waals surface area contributed by atoms with Gasteiger partial charge in [0.1, 0.15) is 0 Å². The van der Waals surface area contributed by atoms with Crippen molar-refractivity contribution in [3.8, 4) is 0 Å². The van der Waals surface area contributed by atoms with Crippen molar-refractivity contribution in [2.75, 3.05) is 26.7 Å². The molecule has 5 heteroatoms. The highest BCUT2D eigenvalue weighted by Gasteiger charge is 2.43. The summed E-state index contributed by atoms with van der Waals surface area (Å²) in [6, 6.07) is 0. The van der Waals surface area contributed by atoms with E-state index in [4.69, 9.17) is 18.0 Å². The molecule has 1 saturated carbocycles. The lowest BCUT2D eigenvalue weighted by Crippen LogP contribution is -2.48. The average Bonchev–Trinajstić information content (AvgIpc) is 2.78. The largest absolute Gasteiger partial charge is 0.392 e. The molecule has 0 heterocycles. The van der Waals surface area contributed by atoms with Gasteiger partial charge in [-0.15, -0.1) is 0 Å². The fourth-order valence-electron chi connectivity index (χ4n) is 2.25. The van der Waals surface area contributed by atoms with Gasteiger partial charge in [0.2, 0.25) is 5.91 Å². The summed E-state index contributed by atoms with van der Waals surface area (Å²) in [5.41, 5.74) is 5.18.